The number of pyridine rings is 1. The first-order valence-corrected chi connectivity index (χ1v) is 11.1. The summed E-state index contributed by atoms with van der Waals surface area (Å²) in [6.45, 7) is 4.74. The van der Waals surface area contributed by atoms with Crippen molar-refractivity contribution >= 4 is 34.0 Å². The summed E-state index contributed by atoms with van der Waals surface area (Å²) in [5, 5.41) is 1.46. The van der Waals surface area contributed by atoms with E-state index in [1.54, 1.807) is 17.6 Å². The topological polar surface area (TPSA) is 22.1 Å². The minimum atomic E-state index is 0. The Hall–Kier alpha value is -1.58. The van der Waals surface area contributed by atoms with Gasteiger partial charge in [0.1, 0.15) is 10.6 Å². The Morgan fingerprint density at radius 3 is 2.57 bits per heavy atom. The SMILES string of the molecule is COc1ccc(-c2c3c(nc4sc5c(c24)CCC(C)C5)C(C)CCC3)cc1.Cl. The van der Waals surface area contributed by atoms with Crippen molar-refractivity contribution in [2.75, 3.05) is 7.11 Å². The lowest BCUT2D eigenvalue weighted by Crippen LogP contribution is -2.12. The summed E-state index contributed by atoms with van der Waals surface area (Å²) in [5.74, 6) is 2.28. The number of aromatic nitrogens is 1. The van der Waals surface area contributed by atoms with E-state index in [1.807, 2.05) is 11.3 Å². The van der Waals surface area contributed by atoms with Crippen LogP contribution >= 0.6 is 23.7 Å². The molecule has 2 aromatic heterocycles. The number of hydrogen-bond acceptors (Lipinski definition) is 3. The highest BCUT2D eigenvalue weighted by Gasteiger charge is 2.29. The van der Waals surface area contributed by atoms with E-state index < -0.39 is 0 Å². The van der Waals surface area contributed by atoms with Crippen molar-refractivity contribution in [3.8, 4) is 16.9 Å². The maximum absolute atomic E-state index is 5.40. The lowest BCUT2D eigenvalue weighted by molar-refractivity contribution is 0.415. The summed E-state index contributed by atoms with van der Waals surface area (Å²) in [7, 11) is 1.74. The molecule has 0 saturated carbocycles. The van der Waals surface area contributed by atoms with E-state index >= 15 is 0 Å². The van der Waals surface area contributed by atoms with Gasteiger partial charge in [0.05, 0.1) is 7.11 Å². The minimum absolute atomic E-state index is 0. The zero-order valence-electron chi connectivity index (χ0n) is 16.9. The fourth-order valence-electron chi connectivity index (χ4n) is 4.99. The summed E-state index contributed by atoms with van der Waals surface area (Å²) < 4.78 is 5.40. The molecule has 0 aliphatic heterocycles. The number of ether oxygens (including phenoxy) is 1. The van der Waals surface area contributed by atoms with Crippen molar-refractivity contribution in [1.82, 2.24) is 4.98 Å². The Balaban J connectivity index is 0.00000192. The highest BCUT2D eigenvalue weighted by molar-refractivity contribution is 7.19. The predicted octanol–water partition coefficient (Wildman–Crippen LogP) is 6.96. The van der Waals surface area contributed by atoms with Gasteiger partial charge in [-0.1, -0.05) is 26.0 Å². The first kappa shape index (κ1) is 19.7. The van der Waals surface area contributed by atoms with Gasteiger partial charge in [0.25, 0.3) is 0 Å². The first-order chi connectivity index (χ1) is 13.2. The minimum Gasteiger partial charge on any atom is -0.497 e. The molecule has 0 saturated heterocycles. The largest absolute Gasteiger partial charge is 0.497 e. The number of halogens is 1. The van der Waals surface area contributed by atoms with Gasteiger partial charge in [-0.3, -0.25) is 0 Å². The molecular formula is C24H28ClNOS. The van der Waals surface area contributed by atoms with Crippen molar-refractivity contribution in [2.45, 2.75) is 58.3 Å². The molecule has 2 atom stereocenters. The van der Waals surface area contributed by atoms with Crippen LogP contribution in [0.15, 0.2) is 24.3 Å². The van der Waals surface area contributed by atoms with Crippen LogP contribution in [0.3, 0.4) is 0 Å². The number of nitrogens with zero attached hydrogens (tertiary/aromatic N) is 1. The molecule has 2 aliphatic carbocycles. The van der Waals surface area contributed by atoms with Crippen LogP contribution in [0.1, 0.15) is 60.7 Å². The second-order valence-corrected chi connectivity index (χ2v) is 9.49. The highest BCUT2D eigenvalue weighted by Crippen LogP contribution is 2.47. The van der Waals surface area contributed by atoms with Crippen LogP contribution in [0.2, 0.25) is 0 Å². The summed E-state index contributed by atoms with van der Waals surface area (Å²) in [5.41, 5.74) is 7.24. The first-order valence-electron chi connectivity index (χ1n) is 10.3. The van der Waals surface area contributed by atoms with Crippen molar-refractivity contribution in [2.24, 2.45) is 5.92 Å². The molecule has 0 radical (unpaired) electrons. The molecule has 5 rings (SSSR count). The van der Waals surface area contributed by atoms with Crippen LogP contribution in [0.4, 0.5) is 0 Å². The van der Waals surface area contributed by atoms with Crippen LogP contribution in [-0.4, -0.2) is 12.1 Å². The van der Waals surface area contributed by atoms with Crippen LogP contribution in [-0.2, 0) is 19.3 Å². The third-order valence-corrected chi connectivity index (χ3v) is 7.63. The highest BCUT2D eigenvalue weighted by atomic mass is 35.5. The van der Waals surface area contributed by atoms with Gasteiger partial charge in [0.2, 0.25) is 0 Å². The third-order valence-electron chi connectivity index (χ3n) is 6.49. The maximum atomic E-state index is 5.40. The lowest BCUT2D eigenvalue weighted by Gasteiger charge is -2.25. The van der Waals surface area contributed by atoms with Gasteiger partial charge in [-0.25, -0.2) is 4.98 Å². The van der Waals surface area contributed by atoms with Crippen molar-refractivity contribution in [3.63, 3.8) is 0 Å². The standard InChI is InChI=1S/C24H27NOS.ClH/c1-14-7-12-18-20(13-14)27-24-22(18)21(16-8-10-17(26-3)11-9-16)19-6-4-5-15(2)23(19)25-24;/h8-11,14-15H,4-7,12-13H2,1-3H3;1H. The molecule has 28 heavy (non-hydrogen) atoms. The Labute approximate surface area is 177 Å². The summed E-state index contributed by atoms with van der Waals surface area (Å²) >= 11 is 1.96. The molecule has 0 bridgehead atoms. The van der Waals surface area contributed by atoms with Crippen molar-refractivity contribution in [3.05, 3.63) is 46.0 Å². The average molecular weight is 414 g/mol. The number of rotatable bonds is 2. The molecule has 0 amide bonds. The van der Waals surface area contributed by atoms with Gasteiger partial charge in [0.15, 0.2) is 0 Å². The predicted molar refractivity (Wildman–Crippen MR) is 121 cm³/mol. The monoisotopic (exact) mass is 413 g/mol. The summed E-state index contributed by atoms with van der Waals surface area (Å²) in [6, 6.07) is 8.67. The molecule has 0 spiro atoms. The van der Waals surface area contributed by atoms with Gasteiger partial charge in [-0.15, -0.1) is 23.7 Å². The number of thiophene rings is 1. The second-order valence-electron chi connectivity index (χ2n) is 8.40. The molecular weight excluding hydrogens is 386 g/mol. The average Bonchev–Trinajstić information content (AvgIpc) is 3.04. The van der Waals surface area contributed by atoms with Gasteiger partial charge in [-0.05, 0) is 84.7 Å². The Bertz CT molecular complexity index is 1010. The zero-order chi connectivity index (χ0) is 18.5. The van der Waals surface area contributed by atoms with Crippen molar-refractivity contribution < 1.29 is 4.74 Å². The molecule has 1 aromatic carbocycles. The molecule has 2 aliphatic rings. The van der Waals surface area contributed by atoms with Crippen LogP contribution in [0.5, 0.6) is 5.75 Å². The van der Waals surface area contributed by atoms with E-state index in [9.17, 15) is 0 Å². The van der Waals surface area contributed by atoms with Crippen LogP contribution < -0.4 is 4.74 Å². The molecule has 2 heterocycles. The van der Waals surface area contributed by atoms with Crippen molar-refractivity contribution in [1.29, 1.82) is 0 Å². The fraction of sp³-hybridized carbons (Fsp3) is 0.458. The maximum Gasteiger partial charge on any atom is 0.124 e. The number of fused-ring (bicyclic) bond motifs is 4. The summed E-state index contributed by atoms with van der Waals surface area (Å²) in [4.78, 5) is 8.10. The Kier molecular flexibility index (Phi) is 5.41. The van der Waals surface area contributed by atoms with E-state index in [2.05, 4.69) is 38.1 Å². The zero-order valence-corrected chi connectivity index (χ0v) is 18.5. The molecule has 148 valence electrons. The molecule has 2 unspecified atom stereocenters. The number of methoxy groups -OCH3 is 1. The van der Waals surface area contributed by atoms with Gasteiger partial charge in [-0.2, -0.15) is 0 Å². The second kappa shape index (κ2) is 7.68. The van der Waals surface area contributed by atoms with E-state index in [1.165, 1.54) is 64.7 Å². The number of hydrogen-bond donors (Lipinski definition) is 0. The van der Waals surface area contributed by atoms with Crippen LogP contribution in [0.25, 0.3) is 21.3 Å². The lowest BCUT2D eigenvalue weighted by atomic mass is 9.81. The smallest absolute Gasteiger partial charge is 0.124 e. The third kappa shape index (κ3) is 3.13. The molecule has 4 heteroatoms. The fourth-order valence-corrected chi connectivity index (χ4v) is 6.39. The Morgan fingerprint density at radius 2 is 1.82 bits per heavy atom. The normalized spacial score (nSPS) is 21.0. The number of aryl methyl sites for hydroxylation is 1. The van der Waals surface area contributed by atoms with Crippen LogP contribution in [0, 0.1) is 5.92 Å². The van der Waals surface area contributed by atoms with E-state index in [-0.39, 0.29) is 12.4 Å². The quantitative estimate of drug-likeness (QED) is 0.453. The molecule has 0 fully saturated rings. The van der Waals surface area contributed by atoms with Gasteiger partial charge in [0, 0.05) is 16.0 Å². The van der Waals surface area contributed by atoms with Gasteiger partial charge >= 0.3 is 0 Å². The molecule has 0 N–H and O–H groups in total. The number of benzene rings is 1. The summed E-state index contributed by atoms with van der Waals surface area (Å²) in [6.07, 6.45) is 7.41. The van der Waals surface area contributed by atoms with E-state index in [4.69, 9.17) is 9.72 Å². The van der Waals surface area contributed by atoms with E-state index in [0.29, 0.717) is 5.92 Å². The van der Waals surface area contributed by atoms with E-state index in [0.717, 1.165) is 18.1 Å². The molecule has 2 nitrogen and oxygen atoms in total. The molecule has 3 aromatic rings. The Morgan fingerprint density at radius 1 is 1.04 bits per heavy atom. The van der Waals surface area contributed by atoms with Gasteiger partial charge < -0.3 is 4.74 Å².